The summed E-state index contributed by atoms with van der Waals surface area (Å²) in [5.41, 5.74) is 1.19. The van der Waals surface area contributed by atoms with Gasteiger partial charge in [-0.15, -0.1) is 0 Å². The molecule has 6 nitrogen and oxygen atoms in total. The van der Waals surface area contributed by atoms with Crippen molar-refractivity contribution in [2.24, 2.45) is 0 Å². The molecule has 1 fully saturated rings. The van der Waals surface area contributed by atoms with Gasteiger partial charge >= 0.3 is 0 Å². The number of likely N-dealkylation sites (tertiary alicyclic amines) is 1. The van der Waals surface area contributed by atoms with Gasteiger partial charge in [0.15, 0.2) is 5.16 Å². The van der Waals surface area contributed by atoms with E-state index in [4.69, 9.17) is 0 Å². The summed E-state index contributed by atoms with van der Waals surface area (Å²) in [4.78, 5) is 31.5. The first kappa shape index (κ1) is 16.4. The van der Waals surface area contributed by atoms with Crippen LogP contribution in [0.1, 0.15) is 22.3 Å². The Morgan fingerprint density at radius 2 is 2.12 bits per heavy atom. The van der Waals surface area contributed by atoms with Gasteiger partial charge in [-0.1, -0.05) is 42.1 Å². The summed E-state index contributed by atoms with van der Waals surface area (Å²) >= 11 is 1.55. The Labute approximate surface area is 150 Å². The van der Waals surface area contributed by atoms with E-state index in [1.165, 1.54) is 11.8 Å². The van der Waals surface area contributed by atoms with Crippen LogP contribution in [0.2, 0.25) is 0 Å². The van der Waals surface area contributed by atoms with E-state index in [1.807, 2.05) is 18.2 Å². The predicted octanol–water partition coefficient (Wildman–Crippen LogP) is 1.35. The maximum atomic E-state index is 12.5. The molecule has 7 heteroatoms. The van der Waals surface area contributed by atoms with Gasteiger partial charge in [-0.2, -0.15) is 0 Å². The van der Waals surface area contributed by atoms with Crippen molar-refractivity contribution >= 4 is 17.7 Å². The van der Waals surface area contributed by atoms with Crippen LogP contribution in [0.3, 0.4) is 0 Å². The normalized spacial score (nSPS) is 19.8. The maximum absolute atomic E-state index is 12.5. The number of nitrogens with one attached hydrogen (secondary N) is 1. The number of rotatable bonds is 4. The smallest absolute Gasteiger partial charge is 0.267 e. The van der Waals surface area contributed by atoms with Crippen molar-refractivity contribution in [3.63, 3.8) is 0 Å². The van der Waals surface area contributed by atoms with Crippen LogP contribution in [0.25, 0.3) is 0 Å². The molecular weight excluding hydrogens is 336 g/mol. The zero-order valence-corrected chi connectivity index (χ0v) is 14.7. The largest absolute Gasteiger partial charge is 0.348 e. The molecule has 4 rings (SSSR count). The van der Waals surface area contributed by atoms with Gasteiger partial charge in [0.1, 0.15) is 5.56 Å². The Morgan fingerprint density at radius 3 is 2.96 bits per heavy atom. The molecule has 1 atom stereocenters. The molecule has 1 saturated heterocycles. The number of fused-ring (bicyclic) bond motifs is 1. The third kappa shape index (κ3) is 3.48. The van der Waals surface area contributed by atoms with Crippen LogP contribution in [0.15, 0.2) is 46.5 Å². The Morgan fingerprint density at radius 1 is 1.28 bits per heavy atom. The second kappa shape index (κ2) is 7.01. The van der Waals surface area contributed by atoms with Crippen LogP contribution in [-0.2, 0) is 13.1 Å². The average Bonchev–Trinajstić information content (AvgIpc) is 3.26. The zero-order chi connectivity index (χ0) is 17.2. The molecule has 130 valence electrons. The molecule has 2 aliphatic heterocycles. The van der Waals surface area contributed by atoms with Gasteiger partial charge in [0.05, 0.1) is 0 Å². The van der Waals surface area contributed by atoms with E-state index in [9.17, 15) is 9.59 Å². The minimum absolute atomic E-state index is 0.0724. The third-order valence-electron chi connectivity index (χ3n) is 4.66. The van der Waals surface area contributed by atoms with Gasteiger partial charge in [0.2, 0.25) is 0 Å². The molecule has 2 aromatic rings. The molecule has 0 aliphatic carbocycles. The van der Waals surface area contributed by atoms with Crippen molar-refractivity contribution in [3.05, 3.63) is 58.0 Å². The fourth-order valence-electron chi connectivity index (χ4n) is 3.37. The van der Waals surface area contributed by atoms with Crippen molar-refractivity contribution in [1.82, 2.24) is 19.8 Å². The lowest BCUT2D eigenvalue weighted by atomic mass is 10.2. The van der Waals surface area contributed by atoms with E-state index in [0.29, 0.717) is 11.7 Å². The first-order chi connectivity index (χ1) is 12.2. The lowest BCUT2D eigenvalue weighted by molar-refractivity contribution is 0.0934. The van der Waals surface area contributed by atoms with Gasteiger partial charge in [0.25, 0.3) is 11.5 Å². The minimum atomic E-state index is -0.309. The highest BCUT2D eigenvalue weighted by atomic mass is 32.2. The number of thioether (sulfide) groups is 1. The molecule has 1 aromatic carbocycles. The van der Waals surface area contributed by atoms with Crippen molar-refractivity contribution in [2.75, 3.05) is 18.8 Å². The Balaban J connectivity index is 1.38. The molecule has 3 heterocycles. The van der Waals surface area contributed by atoms with E-state index in [0.717, 1.165) is 31.8 Å². The predicted molar refractivity (Wildman–Crippen MR) is 96.8 cm³/mol. The van der Waals surface area contributed by atoms with E-state index in [2.05, 4.69) is 27.3 Å². The van der Waals surface area contributed by atoms with Crippen LogP contribution in [0.4, 0.5) is 0 Å². The molecule has 2 aliphatic rings. The van der Waals surface area contributed by atoms with Crippen molar-refractivity contribution in [2.45, 2.75) is 30.7 Å². The summed E-state index contributed by atoms with van der Waals surface area (Å²) < 4.78 is 1.59. The third-order valence-corrected chi connectivity index (χ3v) is 5.63. The van der Waals surface area contributed by atoms with Crippen LogP contribution in [0.5, 0.6) is 0 Å². The van der Waals surface area contributed by atoms with Gasteiger partial charge in [-0.25, -0.2) is 4.98 Å². The van der Waals surface area contributed by atoms with E-state index in [-0.39, 0.29) is 23.1 Å². The lowest BCUT2D eigenvalue weighted by Crippen LogP contribution is -2.40. The highest BCUT2D eigenvalue weighted by Gasteiger charge is 2.26. The summed E-state index contributed by atoms with van der Waals surface area (Å²) in [6.45, 7) is 3.25. The molecule has 0 saturated carbocycles. The van der Waals surface area contributed by atoms with Gasteiger partial charge in [0, 0.05) is 44.2 Å². The van der Waals surface area contributed by atoms with Crippen molar-refractivity contribution in [1.29, 1.82) is 0 Å². The quantitative estimate of drug-likeness (QED) is 0.838. The molecule has 1 unspecified atom stereocenters. The molecule has 1 amide bonds. The Kier molecular flexibility index (Phi) is 4.59. The van der Waals surface area contributed by atoms with Crippen LogP contribution in [0, 0.1) is 0 Å². The molecule has 1 N–H and O–H groups in total. The molecular formula is C18H20N4O2S. The van der Waals surface area contributed by atoms with Gasteiger partial charge in [-0.05, 0) is 12.0 Å². The van der Waals surface area contributed by atoms with Gasteiger partial charge in [-0.3, -0.25) is 19.1 Å². The molecule has 0 radical (unpaired) electrons. The fourth-order valence-corrected chi connectivity index (χ4v) is 4.29. The number of carbonyl (C=O) groups is 1. The Bertz CT molecular complexity index is 837. The van der Waals surface area contributed by atoms with Crippen molar-refractivity contribution < 1.29 is 4.79 Å². The number of amides is 1. The van der Waals surface area contributed by atoms with E-state index < -0.39 is 0 Å². The number of aromatic nitrogens is 2. The summed E-state index contributed by atoms with van der Waals surface area (Å²) in [5, 5.41) is 3.71. The SMILES string of the molecule is O=C(NC1CCN(Cc2ccccc2)C1)c1cnc2n(c1=O)CCS2. The summed E-state index contributed by atoms with van der Waals surface area (Å²) in [7, 11) is 0. The number of benzene rings is 1. The van der Waals surface area contributed by atoms with Crippen LogP contribution < -0.4 is 10.9 Å². The van der Waals surface area contributed by atoms with Crippen LogP contribution >= 0.6 is 11.8 Å². The molecule has 0 spiro atoms. The van der Waals surface area contributed by atoms with E-state index in [1.54, 1.807) is 16.3 Å². The standard InChI is InChI=1S/C18H20N4O2S/c23-16(15-10-19-18-22(17(15)24)8-9-25-18)20-14-6-7-21(12-14)11-13-4-2-1-3-5-13/h1-5,10,14H,6-9,11-12H2,(H,20,23). The summed E-state index contributed by atoms with van der Waals surface area (Å²) in [5.74, 6) is 0.529. The Hall–Kier alpha value is -2.12. The summed E-state index contributed by atoms with van der Waals surface area (Å²) in [6, 6.07) is 10.4. The number of hydrogen-bond donors (Lipinski definition) is 1. The highest BCUT2D eigenvalue weighted by molar-refractivity contribution is 7.99. The topological polar surface area (TPSA) is 67.2 Å². The number of hydrogen-bond acceptors (Lipinski definition) is 5. The zero-order valence-electron chi connectivity index (χ0n) is 13.9. The molecule has 0 bridgehead atoms. The van der Waals surface area contributed by atoms with E-state index >= 15 is 0 Å². The van der Waals surface area contributed by atoms with Gasteiger partial charge < -0.3 is 5.32 Å². The lowest BCUT2D eigenvalue weighted by Gasteiger charge is -2.16. The average molecular weight is 356 g/mol. The first-order valence-electron chi connectivity index (χ1n) is 8.50. The maximum Gasteiger partial charge on any atom is 0.267 e. The number of nitrogens with zero attached hydrogens (tertiary/aromatic N) is 3. The van der Waals surface area contributed by atoms with Crippen LogP contribution in [-0.4, -0.2) is 45.2 Å². The minimum Gasteiger partial charge on any atom is -0.348 e. The fraction of sp³-hybridized carbons (Fsp3) is 0.389. The first-order valence-corrected chi connectivity index (χ1v) is 9.49. The monoisotopic (exact) mass is 356 g/mol. The van der Waals surface area contributed by atoms with Crippen molar-refractivity contribution in [3.8, 4) is 0 Å². The molecule has 1 aromatic heterocycles. The second-order valence-corrected chi connectivity index (χ2v) is 7.50. The highest BCUT2D eigenvalue weighted by Crippen LogP contribution is 2.20. The number of carbonyl (C=O) groups excluding carboxylic acids is 1. The second-order valence-electron chi connectivity index (χ2n) is 6.44. The molecule has 25 heavy (non-hydrogen) atoms. The summed E-state index contributed by atoms with van der Waals surface area (Å²) in [6.07, 6.45) is 2.31.